The highest BCUT2D eigenvalue weighted by Crippen LogP contribution is 2.38. The number of benzene rings is 1. The van der Waals surface area contributed by atoms with Crippen LogP contribution in [0.5, 0.6) is 5.75 Å². The van der Waals surface area contributed by atoms with Crippen molar-refractivity contribution in [2.24, 2.45) is 11.8 Å². The molecule has 32 heavy (non-hydrogen) atoms. The Morgan fingerprint density at radius 3 is 2.53 bits per heavy atom. The molecule has 7 heteroatoms. The van der Waals surface area contributed by atoms with Gasteiger partial charge < -0.3 is 19.1 Å². The molecule has 1 aliphatic heterocycles. The number of ether oxygens (including phenoxy) is 1. The Bertz CT molecular complexity index is 1160. The van der Waals surface area contributed by atoms with E-state index in [4.69, 9.17) is 9.72 Å². The summed E-state index contributed by atoms with van der Waals surface area (Å²) in [6.45, 7) is 1.30. The van der Waals surface area contributed by atoms with E-state index in [1.54, 1.807) is 7.11 Å². The van der Waals surface area contributed by atoms with Crippen LogP contribution in [0.15, 0.2) is 48.8 Å². The van der Waals surface area contributed by atoms with Gasteiger partial charge >= 0.3 is 5.97 Å². The highest BCUT2D eigenvalue weighted by molar-refractivity contribution is 5.86. The molecule has 2 atom stereocenters. The lowest BCUT2D eigenvalue weighted by molar-refractivity contribution is -0.157. The molecule has 1 aliphatic carbocycles. The third kappa shape index (κ3) is 3.51. The molecule has 1 aromatic carbocycles. The molecule has 1 saturated heterocycles. The lowest BCUT2D eigenvalue weighted by Crippen LogP contribution is -2.48. The van der Waals surface area contributed by atoms with Crippen LogP contribution in [-0.4, -0.2) is 51.5 Å². The lowest BCUT2D eigenvalue weighted by Gasteiger charge is -2.39. The summed E-state index contributed by atoms with van der Waals surface area (Å²) in [7, 11) is 1.67. The Hall–Kier alpha value is -3.35. The number of carboxylic acid groups (broad SMARTS) is 1. The predicted molar refractivity (Wildman–Crippen MR) is 120 cm³/mol. The first-order valence-corrected chi connectivity index (χ1v) is 11.2. The molecule has 1 saturated carbocycles. The summed E-state index contributed by atoms with van der Waals surface area (Å²) in [6.07, 6.45) is 6.93. The molecule has 1 N–H and O–H groups in total. The van der Waals surface area contributed by atoms with Crippen molar-refractivity contribution in [3.05, 3.63) is 54.6 Å². The van der Waals surface area contributed by atoms with Gasteiger partial charge in [0.25, 0.3) is 0 Å². The molecule has 3 aromatic rings. The van der Waals surface area contributed by atoms with E-state index >= 15 is 0 Å². The van der Waals surface area contributed by atoms with E-state index in [0.29, 0.717) is 25.9 Å². The average Bonchev–Trinajstić information content (AvgIpc) is 3.22. The molecule has 3 heterocycles. The third-order valence-electron chi connectivity index (χ3n) is 7.06. The fraction of sp³-hybridized carbons (Fsp3) is 0.400. The minimum atomic E-state index is -0.847. The van der Waals surface area contributed by atoms with Gasteiger partial charge in [-0.3, -0.25) is 9.59 Å². The first kappa shape index (κ1) is 20.5. The number of methoxy groups -OCH3 is 1. The van der Waals surface area contributed by atoms with Gasteiger partial charge in [0.15, 0.2) is 0 Å². The Balaban J connectivity index is 1.33. The third-order valence-corrected chi connectivity index (χ3v) is 7.06. The molecule has 0 spiro atoms. The second-order valence-electron chi connectivity index (χ2n) is 8.75. The van der Waals surface area contributed by atoms with Gasteiger partial charge in [-0.15, -0.1) is 0 Å². The lowest BCUT2D eigenvalue weighted by atomic mass is 9.72. The van der Waals surface area contributed by atoms with E-state index in [2.05, 4.69) is 16.5 Å². The van der Waals surface area contributed by atoms with Crippen LogP contribution in [0.4, 0.5) is 0 Å². The van der Waals surface area contributed by atoms with E-state index in [0.717, 1.165) is 41.1 Å². The average molecular weight is 434 g/mol. The summed E-state index contributed by atoms with van der Waals surface area (Å²) in [4.78, 5) is 30.7. The summed E-state index contributed by atoms with van der Waals surface area (Å²) in [5, 5.41) is 9.26. The van der Waals surface area contributed by atoms with Gasteiger partial charge in [0.05, 0.1) is 30.7 Å². The zero-order valence-electron chi connectivity index (χ0n) is 18.1. The number of aromatic nitrogens is 2. The molecule has 1 amide bonds. The van der Waals surface area contributed by atoms with Gasteiger partial charge in [-0.05, 0) is 49.4 Å². The van der Waals surface area contributed by atoms with Crippen LogP contribution in [0.25, 0.3) is 16.6 Å². The van der Waals surface area contributed by atoms with E-state index < -0.39 is 11.9 Å². The van der Waals surface area contributed by atoms with E-state index in [9.17, 15) is 14.7 Å². The number of amides is 1. The van der Waals surface area contributed by atoms with Crippen LogP contribution in [0.3, 0.4) is 0 Å². The molecule has 0 bridgehead atoms. The highest BCUT2D eigenvalue weighted by Gasteiger charge is 2.43. The van der Waals surface area contributed by atoms with E-state index in [1.165, 1.54) is 0 Å². The summed E-state index contributed by atoms with van der Waals surface area (Å²) in [5.41, 5.74) is 3.23. The number of hydrogen-bond acceptors (Lipinski definition) is 4. The first-order valence-electron chi connectivity index (χ1n) is 11.2. The van der Waals surface area contributed by atoms with Crippen molar-refractivity contribution in [2.75, 3.05) is 20.2 Å². The molecule has 5 rings (SSSR count). The number of carboxylic acids is 1. The number of carbonyl (C=O) groups excluding carboxylic acids is 1. The molecular formula is C25H27N3O4. The SMILES string of the molecule is COc1cccc(-c2cccn3c(C4CCN(C(=O)C5CCC5C(=O)O)CC4)ncc23)c1. The number of aliphatic carboxylic acids is 1. The van der Waals surface area contributed by atoms with Crippen molar-refractivity contribution >= 4 is 17.4 Å². The quantitative estimate of drug-likeness (QED) is 0.661. The molecule has 166 valence electrons. The zero-order valence-corrected chi connectivity index (χ0v) is 18.1. The maximum absolute atomic E-state index is 12.8. The minimum absolute atomic E-state index is 0.00962. The van der Waals surface area contributed by atoms with Gasteiger partial charge in [0.1, 0.15) is 11.6 Å². The van der Waals surface area contributed by atoms with Crippen LogP contribution in [0.2, 0.25) is 0 Å². The molecule has 2 fully saturated rings. The number of fused-ring (bicyclic) bond motifs is 1. The van der Waals surface area contributed by atoms with Gasteiger partial charge in [-0.1, -0.05) is 18.2 Å². The maximum Gasteiger partial charge on any atom is 0.307 e. The number of carbonyl (C=O) groups is 2. The Morgan fingerprint density at radius 2 is 1.84 bits per heavy atom. The first-order chi connectivity index (χ1) is 15.6. The van der Waals surface area contributed by atoms with Crippen molar-refractivity contribution < 1.29 is 19.4 Å². The van der Waals surface area contributed by atoms with Gasteiger partial charge in [-0.2, -0.15) is 0 Å². The van der Waals surface area contributed by atoms with Gasteiger partial charge in [-0.25, -0.2) is 4.98 Å². The zero-order chi connectivity index (χ0) is 22.2. The van der Waals surface area contributed by atoms with Crippen molar-refractivity contribution in [3.8, 4) is 16.9 Å². The van der Waals surface area contributed by atoms with Gasteiger partial charge in [0, 0.05) is 30.8 Å². The standard InChI is InChI=1S/C25H27N3O4/c1-32-18-5-2-4-17(14-18)19-6-3-11-28-22(19)15-26-23(28)16-9-12-27(13-10-16)24(29)20-7-8-21(20)25(30)31/h2-6,11,14-16,20-21H,7-10,12-13H2,1H3,(H,30,31). The summed E-state index contributed by atoms with van der Waals surface area (Å²) in [5.74, 6) is 0.407. The fourth-order valence-electron chi connectivity index (χ4n) is 5.06. The number of rotatable bonds is 5. The second-order valence-corrected chi connectivity index (χ2v) is 8.75. The predicted octanol–water partition coefficient (Wildman–Crippen LogP) is 3.83. The van der Waals surface area contributed by atoms with E-state index in [-0.39, 0.29) is 17.7 Å². The number of likely N-dealkylation sites (tertiary alicyclic amines) is 1. The Morgan fingerprint density at radius 1 is 1.06 bits per heavy atom. The largest absolute Gasteiger partial charge is 0.497 e. The summed E-state index contributed by atoms with van der Waals surface area (Å²) < 4.78 is 7.54. The van der Waals surface area contributed by atoms with Crippen LogP contribution in [0.1, 0.15) is 37.4 Å². The van der Waals surface area contributed by atoms with Crippen molar-refractivity contribution in [1.29, 1.82) is 0 Å². The molecular weight excluding hydrogens is 406 g/mol. The molecule has 2 aromatic heterocycles. The van der Waals surface area contributed by atoms with Crippen LogP contribution < -0.4 is 4.74 Å². The van der Waals surface area contributed by atoms with Crippen LogP contribution in [0, 0.1) is 11.8 Å². The minimum Gasteiger partial charge on any atom is -0.497 e. The van der Waals surface area contributed by atoms with Gasteiger partial charge in [0.2, 0.25) is 5.91 Å². The normalized spacial score (nSPS) is 21.3. The number of hydrogen-bond donors (Lipinski definition) is 1. The number of nitrogens with zero attached hydrogens (tertiary/aromatic N) is 3. The Labute approximate surface area is 186 Å². The summed E-state index contributed by atoms with van der Waals surface area (Å²) in [6, 6.07) is 12.1. The smallest absolute Gasteiger partial charge is 0.307 e. The molecule has 7 nitrogen and oxygen atoms in total. The number of imidazole rings is 1. The van der Waals surface area contributed by atoms with Crippen molar-refractivity contribution in [1.82, 2.24) is 14.3 Å². The summed E-state index contributed by atoms with van der Waals surface area (Å²) >= 11 is 0. The van der Waals surface area contributed by atoms with E-state index in [1.807, 2.05) is 41.6 Å². The molecule has 0 radical (unpaired) electrons. The number of piperidine rings is 1. The number of pyridine rings is 1. The fourth-order valence-corrected chi connectivity index (χ4v) is 5.06. The monoisotopic (exact) mass is 433 g/mol. The van der Waals surface area contributed by atoms with Crippen molar-refractivity contribution in [3.63, 3.8) is 0 Å². The molecule has 2 unspecified atom stereocenters. The van der Waals surface area contributed by atoms with Crippen LogP contribution in [-0.2, 0) is 9.59 Å². The van der Waals surface area contributed by atoms with Crippen molar-refractivity contribution in [2.45, 2.75) is 31.6 Å². The molecule has 2 aliphatic rings. The maximum atomic E-state index is 12.8. The topological polar surface area (TPSA) is 84.1 Å². The second kappa shape index (κ2) is 8.30. The highest BCUT2D eigenvalue weighted by atomic mass is 16.5. The Kier molecular flexibility index (Phi) is 5.33. The van der Waals surface area contributed by atoms with Crippen LogP contribution >= 0.6 is 0 Å².